The van der Waals surface area contributed by atoms with E-state index in [0.29, 0.717) is 0 Å². The maximum Gasteiger partial charge on any atom is 0.236 e. The average Bonchev–Trinajstić information content (AvgIpc) is 2.95. The Hall–Kier alpha value is -1.47. The number of amides is 1. The second-order valence-corrected chi connectivity index (χ2v) is 13.0. The van der Waals surface area contributed by atoms with Crippen LogP contribution in [-0.2, 0) is 9.22 Å². The Balaban J connectivity index is 2.09. The molecule has 1 amide bonds. The highest BCUT2D eigenvalue weighted by Crippen LogP contribution is 2.39. The summed E-state index contributed by atoms with van der Waals surface area (Å²) < 4.78 is 7.84. The molecule has 7 heteroatoms. The zero-order chi connectivity index (χ0) is 18.3. The largest absolute Gasteiger partial charge is 0.413 e. The van der Waals surface area contributed by atoms with Crippen molar-refractivity contribution in [3.8, 4) is 0 Å². The van der Waals surface area contributed by atoms with E-state index in [2.05, 4.69) is 44.2 Å². The van der Waals surface area contributed by atoms with Crippen molar-refractivity contribution in [2.24, 2.45) is 11.8 Å². The Labute approximate surface area is 145 Å². The van der Waals surface area contributed by atoms with Gasteiger partial charge in [-0.3, -0.25) is 14.2 Å². The van der Waals surface area contributed by atoms with Crippen LogP contribution in [0.2, 0.25) is 18.1 Å². The molecule has 1 aliphatic rings. The van der Waals surface area contributed by atoms with Crippen LogP contribution < -0.4 is 5.32 Å². The van der Waals surface area contributed by atoms with Gasteiger partial charge >= 0.3 is 0 Å². The van der Waals surface area contributed by atoms with Gasteiger partial charge in [-0.15, -0.1) is 0 Å². The van der Waals surface area contributed by atoms with Gasteiger partial charge in [-0.1, -0.05) is 27.7 Å². The molecule has 0 spiro atoms. The van der Waals surface area contributed by atoms with Gasteiger partial charge in [-0.2, -0.15) is 0 Å². The summed E-state index contributed by atoms with van der Waals surface area (Å²) in [5.41, 5.74) is 0. The molecule has 4 atom stereocenters. The highest BCUT2D eigenvalue weighted by molar-refractivity contribution is 6.74. The molecule has 1 saturated heterocycles. The number of nitrogens with one attached hydrogen (secondary N) is 1. The van der Waals surface area contributed by atoms with Crippen molar-refractivity contribution in [3.05, 3.63) is 18.7 Å². The molecule has 24 heavy (non-hydrogen) atoms. The van der Waals surface area contributed by atoms with E-state index < -0.39 is 8.32 Å². The molecule has 6 nitrogen and oxygen atoms in total. The van der Waals surface area contributed by atoms with Crippen molar-refractivity contribution < 1.29 is 14.0 Å². The van der Waals surface area contributed by atoms with Crippen LogP contribution in [0.4, 0.5) is 0 Å². The summed E-state index contributed by atoms with van der Waals surface area (Å²) in [6.45, 7) is 14.7. The second kappa shape index (κ2) is 6.44. The maximum atomic E-state index is 12.5. The van der Waals surface area contributed by atoms with Gasteiger partial charge in [0.05, 0.1) is 24.0 Å². The minimum atomic E-state index is -1.97. The summed E-state index contributed by atoms with van der Waals surface area (Å²) >= 11 is 0. The molecule has 0 aliphatic carbocycles. The third-order valence-electron chi connectivity index (χ3n) is 5.48. The molecule has 1 aromatic rings. The van der Waals surface area contributed by atoms with E-state index >= 15 is 0 Å². The van der Waals surface area contributed by atoms with Gasteiger partial charge in [-0.25, -0.2) is 4.98 Å². The van der Waals surface area contributed by atoms with E-state index in [-0.39, 0.29) is 40.8 Å². The third-order valence-corrected chi connectivity index (χ3v) is 10.1. The van der Waals surface area contributed by atoms with Crippen LogP contribution >= 0.6 is 0 Å². The lowest BCUT2D eigenvalue weighted by Gasteiger charge is -2.46. The van der Waals surface area contributed by atoms with Gasteiger partial charge in [0.1, 0.15) is 6.33 Å². The Kier molecular flexibility index (Phi) is 5.06. The highest BCUT2D eigenvalue weighted by Gasteiger charge is 2.50. The van der Waals surface area contributed by atoms with Crippen LogP contribution in [0.15, 0.2) is 18.7 Å². The Morgan fingerprint density at radius 2 is 2.00 bits per heavy atom. The molecule has 4 unspecified atom stereocenters. The fraction of sp³-hybridized carbons (Fsp3) is 0.706. The number of hydrogen-bond acceptors (Lipinski definition) is 4. The van der Waals surface area contributed by atoms with Gasteiger partial charge < -0.3 is 9.74 Å². The third kappa shape index (κ3) is 3.47. The minimum Gasteiger partial charge on any atom is -0.413 e. The van der Waals surface area contributed by atoms with Crippen LogP contribution in [-0.4, -0.2) is 41.8 Å². The van der Waals surface area contributed by atoms with E-state index in [1.165, 1.54) is 10.9 Å². The van der Waals surface area contributed by atoms with E-state index in [0.717, 1.165) is 0 Å². The van der Waals surface area contributed by atoms with Gasteiger partial charge in [0, 0.05) is 12.4 Å². The maximum absolute atomic E-state index is 12.5. The first-order chi connectivity index (χ1) is 11.0. The first-order valence-electron chi connectivity index (χ1n) is 8.46. The van der Waals surface area contributed by atoms with E-state index in [1.807, 2.05) is 13.8 Å². The first-order valence-corrected chi connectivity index (χ1v) is 11.4. The standard InChI is InChI=1S/C17H29N3O3Si/c1-11(16(22)20-9-8-18-10-20)14-13(15(21)19-14)12(2)23-24(6,7)17(3,4)5/h8-14H,1-7H3,(H,19,21). The van der Waals surface area contributed by atoms with Gasteiger partial charge in [-0.05, 0) is 25.1 Å². The van der Waals surface area contributed by atoms with Crippen LogP contribution in [0.3, 0.4) is 0 Å². The first kappa shape index (κ1) is 18.9. The summed E-state index contributed by atoms with van der Waals surface area (Å²) in [5.74, 6) is -0.715. The Morgan fingerprint density at radius 3 is 2.46 bits per heavy atom. The molecule has 2 rings (SSSR count). The number of hydrogen-bond donors (Lipinski definition) is 1. The fourth-order valence-electron chi connectivity index (χ4n) is 2.85. The molecular formula is C17H29N3O3Si. The number of carbonyl (C=O) groups excluding carboxylic acids is 2. The van der Waals surface area contributed by atoms with Crippen molar-refractivity contribution in [1.82, 2.24) is 14.9 Å². The molecule has 0 bridgehead atoms. The Bertz CT molecular complexity index is 607. The van der Waals surface area contributed by atoms with Crippen LogP contribution in [0.25, 0.3) is 0 Å². The lowest BCUT2D eigenvalue weighted by Crippen LogP contribution is -2.67. The summed E-state index contributed by atoms with van der Waals surface area (Å²) in [6, 6.07) is -0.202. The topological polar surface area (TPSA) is 73.2 Å². The fourth-order valence-corrected chi connectivity index (χ4v) is 4.28. The average molecular weight is 352 g/mol. The second-order valence-electron chi connectivity index (χ2n) is 8.24. The molecule has 0 radical (unpaired) electrons. The van der Waals surface area contributed by atoms with Crippen LogP contribution in [0.1, 0.15) is 39.4 Å². The molecule has 134 valence electrons. The predicted molar refractivity (Wildman–Crippen MR) is 95.2 cm³/mol. The van der Waals surface area contributed by atoms with Gasteiger partial charge in [0.2, 0.25) is 11.8 Å². The molecule has 1 aliphatic heterocycles. The molecule has 1 N–H and O–H groups in total. The summed E-state index contributed by atoms with van der Waals surface area (Å²) in [6.07, 6.45) is 4.49. The highest BCUT2D eigenvalue weighted by atomic mass is 28.4. The predicted octanol–water partition coefficient (Wildman–Crippen LogP) is 2.68. The summed E-state index contributed by atoms with van der Waals surface area (Å²) in [5, 5.41) is 2.96. The SMILES string of the molecule is CC(O[Si](C)(C)C(C)(C)C)C1C(=O)NC1C(C)C(=O)n1ccnc1. The van der Waals surface area contributed by atoms with Crippen molar-refractivity contribution in [2.45, 2.75) is 64.9 Å². The normalized spacial score (nSPS) is 24.0. The molecular weight excluding hydrogens is 322 g/mol. The van der Waals surface area contributed by atoms with E-state index in [4.69, 9.17) is 4.43 Å². The quantitative estimate of drug-likeness (QED) is 0.654. The summed E-state index contributed by atoms with van der Waals surface area (Å²) in [7, 11) is -1.97. The lowest BCUT2D eigenvalue weighted by atomic mass is 9.78. The molecule has 1 aromatic heterocycles. The number of carbonyl (C=O) groups is 2. The van der Waals surface area contributed by atoms with Gasteiger partial charge in [0.25, 0.3) is 0 Å². The zero-order valence-electron chi connectivity index (χ0n) is 15.7. The Morgan fingerprint density at radius 1 is 1.38 bits per heavy atom. The summed E-state index contributed by atoms with van der Waals surface area (Å²) in [4.78, 5) is 28.5. The van der Waals surface area contributed by atoms with Crippen molar-refractivity contribution in [3.63, 3.8) is 0 Å². The van der Waals surface area contributed by atoms with E-state index in [9.17, 15) is 9.59 Å². The number of aromatic nitrogens is 2. The van der Waals surface area contributed by atoms with Crippen molar-refractivity contribution in [1.29, 1.82) is 0 Å². The number of rotatable bonds is 5. The molecule has 1 fully saturated rings. The molecule has 2 heterocycles. The van der Waals surface area contributed by atoms with Crippen LogP contribution in [0, 0.1) is 11.8 Å². The van der Waals surface area contributed by atoms with Crippen molar-refractivity contribution in [2.75, 3.05) is 0 Å². The van der Waals surface area contributed by atoms with Crippen molar-refractivity contribution >= 4 is 20.1 Å². The van der Waals surface area contributed by atoms with Gasteiger partial charge in [0.15, 0.2) is 8.32 Å². The minimum absolute atomic E-state index is 0.0310. The smallest absolute Gasteiger partial charge is 0.236 e. The monoisotopic (exact) mass is 351 g/mol. The zero-order valence-corrected chi connectivity index (χ0v) is 16.7. The number of imidazole rings is 1. The molecule has 0 aromatic carbocycles. The van der Waals surface area contributed by atoms with Crippen LogP contribution in [0.5, 0.6) is 0 Å². The number of nitrogens with zero attached hydrogens (tertiary/aromatic N) is 2. The van der Waals surface area contributed by atoms with E-state index in [1.54, 1.807) is 12.4 Å². The lowest BCUT2D eigenvalue weighted by molar-refractivity contribution is -0.141. The number of β-lactam (4-membered cyclic amide) rings is 1. The molecule has 0 saturated carbocycles.